The molecule has 1 aliphatic rings. The van der Waals surface area contributed by atoms with Crippen LogP contribution in [0.2, 0.25) is 0 Å². The number of carbonyl (C=O) groups excluding carboxylic acids is 2. The Morgan fingerprint density at radius 1 is 1.04 bits per heavy atom. The summed E-state index contributed by atoms with van der Waals surface area (Å²) in [5.41, 5.74) is 3.03. The predicted molar refractivity (Wildman–Crippen MR) is 88.7 cm³/mol. The number of hydrogen-bond acceptors (Lipinski definition) is 3. The summed E-state index contributed by atoms with van der Waals surface area (Å²) in [5, 5.41) is 0.792. The zero-order valence-electron chi connectivity index (χ0n) is 12.2. The van der Waals surface area contributed by atoms with Crippen molar-refractivity contribution in [2.24, 2.45) is 0 Å². The Hall–Kier alpha value is -2.72. The number of para-hydroxylation sites is 1. The van der Waals surface area contributed by atoms with Crippen molar-refractivity contribution in [3.8, 4) is 0 Å². The first-order valence-corrected chi connectivity index (χ1v) is 7.49. The van der Waals surface area contributed by atoms with Crippen molar-refractivity contribution < 1.29 is 9.59 Å². The average Bonchev–Trinajstić information content (AvgIpc) is 2.89. The van der Waals surface area contributed by atoms with Crippen LogP contribution in [0, 0.1) is 6.92 Å². The van der Waals surface area contributed by atoms with Crippen molar-refractivity contribution in [3.05, 3.63) is 70.1 Å². The van der Waals surface area contributed by atoms with E-state index >= 15 is 0 Å². The van der Waals surface area contributed by atoms with Crippen molar-refractivity contribution in [3.63, 3.8) is 0 Å². The number of pyridine rings is 1. The maximum Gasteiger partial charge on any atom is 0.224 e. The number of rotatable bonds is 1. The molecular formula is C18H11ClN2O2. The number of fused-ring (bicyclic) bond motifs is 2. The van der Waals surface area contributed by atoms with Gasteiger partial charge in [0.2, 0.25) is 5.78 Å². The summed E-state index contributed by atoms with van der Waals surface area (Å²) in [6, 6.07) is 10.9. The number of carbonyl (C=O) groups is 2. The molecule has 23 heavy (non-hydrogen) atoms. The van der Waals surface area contributed by atoms with Crippen molar-refractivity contribution in [1.29, 1.82) is 0 Å². The highest BCUT2D eigenvalue weighted by molar-refractivity contribution is 6.57. The monoisotopic (exact) mass is 322 g/mol. The van der Waals surface area contributed by atoms with E-state index in [4.69, 9.17) is 11.6 Å². The van der Waals surface area contributed by atoms with Crippen LogP contribution in [0.25, 0.3) is 16.5 Å². The van der Waals surface area contributed by atoms with Crippen molar-refractivity contribution in [2.45, 2.75) is 6.92 Å². The molecule has 4 rings (SSSR count). The Balaban J connectivity index is 2.05. The summed E-state index contributed by atoms with van der Waals surface area (Å²) in [5.74, 6) is -0.688. The second-order valence-electron chi connectivity index (χ2n) is 5.42. The molecule has 112 valence electrons. The van der Waals surface area contributed by atoms with E-state index in [1.165, 1.54) is 6.20 Å². The van der Waals surface area contributed by atoms with Gasteiger partial charge in [0.25, 0.3) is 0 Å². The molecule has 0 spiro atoms. The lowest BCUT2D eigenvalue weighted by atomic mass is 9.87. The number of allylic oxidation sites excluding steroid dienone is 2. The third kappa shape index (κ3) is 1.88. The molecule has 1 aromatic carbocycles. The van der Waals surface area contributed by atoms with Crippen LogP contribution >= 0.6 is 11.6 Å². The fourth-order valence-electron chi connectivity index (χ4n) is 3.04. The molecule has 0 amide bonds. The maximum atomic E-state index is 12.9. The Morgan fingerprint density at radius 3 is 2.65 bits per heavy atom. The molecule has 2 heterocycles. The highest BCUT2D eigenvalue weighted by Crippen LogP contribution is 2.38. The summed E-state index contributed by atoms with van der Waals surface area (Å²) in [4.78, 5) is 32.7. The molecule has 5 heteroatoms. The van der Waals surface area contributed by atoms with Crippen LogP contribution < -0.4 is 0 Å². The minimum Gasteiger partial charge on any atom is -0.358 e. The number of nitrogens with zero attached hydrogens (tertiary/aromatic N) is 1. The largest absolute Gasteiger partial charge is 0.358 e. The van der Waals surface area contributed by atoms with Gasteiger partial charge in [0.1, 0.15) is 10.7 Å². The van der Waals surface area contributed by atoms with Crippen LogP contribution in [0.5, 0.6) is 0 Å². The molecule has 0 aliphatic heterocycles. The van der Waals surface area contributed by atoms with Gasteiger partial charge in [-0.2, -0.15) is 0 Å². The van der Waals surface area contributed by atoms with Gasteiger partial charge >= 0.3 is 0 Å². The maximum absolute atomic E-state index is 12.9. The highest BCUT2D eigenvalue weighted by atomic mass is 35.5. The van der Waals surface area contributed by atoms with E-state index < -0.39 is 5.78 Å². The topological polar surface area (TPSA) is 62.8 Å². The highest BCUT2D eigenvalue weighted by Gasteiger charge is 2.34. The zero-order valence-corrected chi connectivity index (χ0v) is 12.9. The van der Waals surface area contributed by atoms with E-state index in [1.807, 2.05) is 31.2 Å². The van der Waals surface area contributed by atoms with Gasteiger partial charge in [0, 0.05) is 28.4 Å². The fraction of sp³-hybridized carbons (Fsp3) is 0.0556. The van der Waals surface area contributed by atoms with E-state index in [9.17, 15) is 9.59 Å². The van der Waals surface area contributed by atoms with Crippen LogP contribution in [0.1, 0.15) is 32.1 Å². The summed E-state index contributed by atoms with van der Waals surface area (Å²) in [6.07, 6.45) is 1.48. The number of ketones is 2. The number of H-pyrrole nitrogens is 1. The van der Waals surface area contributed by atoms with Gasteiger partial charge in [-0.3, -0.25) is 14.6 Å². The second kappa shape index (κ2) is 4.89. The molecule has 0 atom stereocenters. The second-order valence-corrected chi connectivity index (χ2v) is 5.80. The standard InChI is InChI=1S/C18H11ClN2O2/c1-9-13(10-5-2-3-7-12(10)21-9)14-15(19)18(23)16-11(17(14)22)6-4-8-20-16/h2-8,21H,1H3. The number of aromatic amines is 1. The molecule has 4 nitrogen and oxygen atoms in total. The fourth-order valence-corrected chi connectivity index (χ4v) is 3.31. The number of halogens is 1. The predicted octanol–water partition coefficient (Wildman–Crippen LogP) is 3.90. The molecule has 0 saturated heterocycles. The smallest absolute Gasteiger partial charge is 0.224 e. The van der Waals surface area contributed by atoms with E-state index in [1.54, 1.807) is 12.1 Å². The minimum absolute atomic E-state index is 0.0750. The van der Waals surface area contributed by atoms with Crippen LogP contribution in [0.3, 0.4) is 0 Å². The van der Waals surface area contributed by atoms with Gasteiger partial charge < -0.3 is 4.98 Å². The number of nitrogens with one attached hydrogen (secondary N) is 1. The van der Waals surface area contributed by atoms with E-state index in [2.05, 4.69) is 9.97 Å². The van der Waals surface area contributed by atoms with Crippen molar-refractivity contribution >= 4 is 39.6 Å². The molecule has 3 aromatic rings. The Bertz CT molecular complexity index is 1030. The van der Waals surface area contributed by atoms with Crippen LogP contribution in [-0.4, -0.2) is 21.5 Å². The SMILES string of the molecule is Cc1[nH]c2ccccc2c1C1=C(Cl)C(=O)c2ncccc2C1=O. The molecule has 1 aliphatic carbocycles. The van der Waals surface area contributed by atoms with Crippen LogP contribution in [0.15, 0.2) is 47.6 Å². The number of benzene rings is 1. The summed E-state index contributed by atoms with van der Waals surface area (Å²) in [7, 11) is 0. The normalized spacial score (nSPS) is 14.5. The van der Waals surface area contributed by atoms with Gasteiger partial charge in [-0.15, -0.1) is 0 Å². The number of aryl methyl sites for hydroxylation is 1. The average molecular weight is 323 g/mol. The molecule has 0 saturated carbocycles. The summed E-state index contributed by atoms with van der Waals surface area (Å²) in [6.45, 7) is 1.86. The van der Waals surface area contributed by atoms with Gasteiger partial charge in [0.05, 0.1) is 11.1 Å². The quantitative estimate of drug-likeness (QED) is 0.739. The molecule has 0 bridgehead atoms. The van der Waals surface area contributed by atoms with Gasteiger partial charge in [-0.1, -0.05) is 29.8 Å². The number of hydrogen-bond donors (Lipinski definition) is 1. The molecule has 0 fully saturated rings. The van der Waals surface area contributed by atoms with Crippen LogP contribution in [0.4, 0.5) is 0 Å². The Kier molecular flexibility index (Phi) is 2.96. The van der Waals surface area contributed by atoms with Gasteiger partial charge in [0.15, 0.2) is 5.78 Å². The third-order valence-corrected chi connectivity index (χ3v) is 4.42. The first-order chi connectivity index (χ1) is 11.1. The number of Topliss-reactive ketones (excluding diaryl/α,β-unsaturated/α-hetero) is 2. The summed E-state index contributed by atoms with van der Waals surface area (Å²) < 4.78 is 0. The van der Waals surface area contributed by atoms with Crippen molar-refractivity contribution in [2.75, 3.05) is 0 Å². The Morgan fingerprint density at radius 2 is 1.83 bits per heavy atom. The first-order valence-electron chi connectivity index (χ1n) is 7.11. The molecule has 0 radical (unpaired) electrons. The lowest BCUT2D eigenvalue weighted by Crippen LogP contribution is -2.20. The first kappa shape index (κ1) is 13.9. The van der Waals surface area contributed by atoms with Crippen LogP contribution in [-0.2, 0) is 0 Å². The lowest BCUT2D eigenvalue weighted by molar-refractivity contribution is 0.0994. The molecule has 1 N–H and O–H groups in total. The van der Waals surface area contributed by atoms with Gasteiger partial charge in [-0.05, 0) is 25.1 Å². The molecule has 2 aromatic heterocycles. The number of aromatic nitrogens is 2. The molecular weight excluding hydrogens is 312 g/mol. The summed E-state index contributed by atoms with van der Waals surface area (Å²) >= 11 is 6.27. The lowest BCUT2D eigenvalue weighted by Gasteiger charge is -2.17. The molecule has 0 unspecified atom stereocenters. The Labute approximate surface area is 136 Å². The van der Waals surface area contributed by atoms with E-state index in [-0.39, 0.29) is 22.1 Å². The van der Waals surface area contributed by atoms with Crippen molar-refractivity contribution in [1.82, 2.24) is 9.97 Å². The van der Waals surface area contributed by atoms with E-state index in [0.29, 0.717) is 11.1 Å². The van der Waals surface area contributed by atoms with Gasteiger partial charge in [-0.25, -0.2) is 0 Å². The van der Waals surface area contributed by atoms with E-state index in [0.717, 1.165) is 16.6 Å². The minimum atomic E-state index is -0.415. The third-order valence-electron chi connectivity index (χ3n) is 4.06. The zero-order chi connectivity index (χ0) is 16.1.